The number of carbonyl (C=O) groups excluding carboxylic acids is 1. The minimum absolute atomic E-state index is 0.189. The predicted molar refractivity (Wildman–Crippen MR) is 313 cm³/mol. The first kappa shape index (κ1) is 69.1. The summed E-state index contributed by atoms with van der Waals surface area (Å²) in [5.74, 6) is -0.189. The van der Waals surface area contributed by atoms with Gasteiger partial charge in [0, 0.05) is 6.42 Å². The highest BCUT2D eigenvalue weighted by atomic mass is 16.7. The topological polar surface area (TPSA) is 149 Å². The molecule has 6 N–H and O–H groups in total. The minimum Gasteiger partial charge on any atom is -0.394 e. The van der Waals surface area contributed by atoms with Gasteiger partial charge in [0.1, 0.15) is 24.4 Å². The Hall–Kier alpha value is -2.89. The predicted octanol–water partition coefficient (Wildman–Crippen LogP) is 15.6. The SMILES string of the molecule is CC/C=C\C/C=C\C/C=C\C/C=C\C/C=C\C/C=C\CCCCCCCCCCCCCCCCC(=O)NC(COC1OC(CO)C(O)C(O)C1O)C(O)/C=C/CC/C=C/CCCCCCCCCCCCCC. The molecule has 7 unspecified atom stereocenters. The van der Waals surface area contributed by atoms with Gasteiger partial charge in [-0.2, -0.15) is 0 Å². The van der Waals surface area contributed by atoms with Crippen LogP contribution in [0, 0.1) is 0 Å². The van der Waals surface area contributed by atoms with Crippen LogP contribution >= 0.6 is 0 Å². The van der Waals surface area contributed by atoms with Gasteiger partial charge in [0.15, 0.2) is 6.29 Å². The van der Waals surface area contributed by atoms with Crippen LogP contribution in [0.3, 0.4) is 0 Å². The summed E-state index contributed by atoms with van der Waals surface area (Å²) in [6.07, 6.45) is 70.5. The van der Waals surface area contributed by atoms with Gasteiger partial charge >= 0.3 is 0 Å². The lowest BCUT2D eigenvalue weighted by Crippen LogP contribution is -2.60. The van der Waals surface area contributed by atoms with Crippen molar-refractivity contribution in [2.45, 2.75) is 294 Å². The van der Waals surface area contributed by atoms with Crippen LogP contribution < -0.4 is 5.32 Å². The Balaban J connectivity index is 2.18. The molecule has 0 aromatic heterocycles. The number of carbonyl (C=O) groups is 1. The van der Waals surface area contributed by atoms with E-state index in [9.17, 15) is 30.3 Å². The molecular formula is C65H113NO8. The molecule has 0 aliphatic carbocycles. The maximum absolute atomic E-state index is 13.1. The van der Waals surface area contributed by atoms with Crippen LogP contribution in [-0.2, 0) is 14.3 Å². The molecule has 1 rings (SSSR count). The van der Waals surface area contributed by atoms with Crippen molar-refractivity contribution >= 4 is 5.91 Å². The molecule has 1 aliphatic heterocycles. The molecule has 7 atom stereocenters. The molecule has 1 saturated heterocycles. The van der Waals surface area contributed by atoms with Crippen LogP contribution in [0.4, 0.5) is 0 Å². The zero-order valence-electron chi connectivity index (χ0n) is 47.3. The van der Waals surface area contributed by atoms with Crippen molar-refractivity contribution in [3.05, 3.63) is 97.2 Å². The molecule has 0 aromatic rings. The molecule has 0 aromatic carbocycles. The number of aliphatic hydroxyl groups is 5. The van der Waals surface area contributed by atoms with E-state index in [1.165, 1.54) is 154 Å². The van der Waals surface area contributed by atoms with Crippen LogP contribution in [0.15, 0.2) is 97.2 Å². The molecule has 426 valence electrons. The molecule has 1 heterocycles. The van der Waals surface area contributed by atoms with Crippen LogP contribution in [0.1, 0.15) is 251 Å². The summed E-state index contributed by atoms with van der Waals surface area (Å²) in [4.78, 5) is 13.1. The number of allylic oxidation sites excluding steroid dienone is 15. The second kappa shape index (κ2) is 53.5. The molecule has 1 amide bonds. The van der Waals surface area contributed by atoms with E-state index in [4.69, 9.17) is 9.47 Å². The smallest absolute Gasteiger partial charge is 0.220 e. The number of hydrogen-bond donors (Lipinski definition) is 6. The Morgan fingerprint density at radius 3 is 1.30 bits per heavy atom. The monoisotopic (exact) mass is 1040 g/mol. The molecule has 9 nitrogen and oxygen atoms in total. The lowest BCUT2D eigenvalue weighted by atomic mass is 9.99. The van der Waals surface area contributed by atoms with E-state index < -0.39 is 49.5 Å². The third kappa shape index (κ3) is 42.2. The zero-order chi connectivity index (χ0) is 53.6. The highest BCUT2D eigenvalue weighted by Crippen LogP contribution is 2.23. The van der Waals surface area contributed by atoms with Crippen molar-refractivity contribution in [3.8, 4) is 0 Å². The fourth-order valence-corrected chi connectivity index (χ4v) is 9.12. The third-order valence-electron chi connectivity index (χ3n) is 13.9. The fourth-order valence-electron chi connectivity index (χ4n) is 9.12. The quantitative estimate of drug-likeness (QED) is 0.0261. The molecule has 74 heavy (non-hydrogen) atoms. The zero-order valence-corrected chi connectivity index (χ0v) is 47.3. The number of unbranched alkanes of at least 4 members (excludes halogenated alkanes) is 27. The number of nitrogens with one attached hydrogen (secondary N) is 1. The van der Waals surface area contributed by atoms with E-state index in [-0.39, 0.29) is 12.5 Å². The van der Waals surface area contributed by atoms with Crippen molar-refractivity contribution in [3.63, 3.8) is 0 Å². The van der Waals surface area contributed by atoms with E-state index in [0.29, 0.717) is 6.42 Å². The maximum atomic E-state index is 13.1. The molecule has 1 aliphatic rings. The van der Waals surface area contributed by atoms with Gasteiger partial charge in [-0.1, -0.05) is 259 Å². The third-order valence-corrected chi connectivity index (χ3v) is 13.9. The van der Waals surface area contributed by atoms with Gasteiger partial charge in [-0.15, -0.1) is 0 Å². The van der Waals surface area contributed by atoms with Crippen molar-refractivity contribution < 1.29 is 39.8 Å². The number of aliphatic hydroxyl groups excluding tert-OH is 5. The highest BCUT2D eigenvalue weighted by molar-refractivity contribution is 5.76. The van der Waals surface area contributed by atoms with E-state index >= 15 is 0 Å². The van der Waals surface area contributed by atoms with E-state index in [1.54, 1.807) is 6.08 Å². The molecular weight excluding hydrogens is 923 g/mol. The van der Waals surface area contributed by atoms with Crippen molar-refractivity contribution in [2.75, 3.05) is 13.2 Å². The van der Waals surface area contributed by atoms with Crippen LogP contribution in [0.25, 0.3) is 0 Å². The lowest BCUT2D eigenvalue weighted by molar-refractivity contribution is -0.302. The summed E-state index contributed by atoms with van der Waals surface area (Å²) >= 11 is 0. The Morgan fingerprint density at radius 2 is 0.851 bits per heavy atom. The van der Waals surface area contributed by atoms with Gasteiger partial charge in [0.2, 0.25) is 5.91 Å². The number of hydrogen-bond acceptors (Lipinski definition) is 8. The second-order valence-corrected chi connectivity index (χ2v) is 20.8. The van der Waals surface area contributed by atoms with Crippen LogP contribution in [-0.4, -0.2) is 87.5 Å². The Bertz CT molecular complexity index is 1480. The van der Waals surface area contributed by atoms with Crippen LogP contribution in [0.5, 0.6) is 0 Å². The maximum Gasteiger partial charge on any atom is 0.220 e. The van der Waals surface area contributed by atoms with Gasteiger partial charge in [0.05, 0.1) is 25.4 Å². The summed E-state index contributed by atoms with van der Waals surface area (Å²) in [6.45, 7) is 3.66. The first-order valence-corrected chi connectivity index (χ1v) is 30.5. The largest absolute Gasteiger partial charge is 0.394 e. The highest BCUT2D eigenvalue weighted by Gasteiger charge is 2.44. The van der Waals surface area contributed by atoms with Gasteiger partial charge in [-0.25, -0.2) is 0 Å². The van der Waals surface area contributed by atoms with Crippen molar-refractivity contribution in [2.24, 2.45) is 0 Å². The minimum atomic E-state index is -1.58. The van der Waals surface area contributed by atoms with Crippen molar-refractivity contribution in [1.29, 1.82) is 0 Å². The summed E-state index contributed by atoms with van der Waals surface area (Å²) in [6, 6.07) is -0.827. The molecule has 0 saturated carbocycles. The average Bonchev–Trinajstić information content (AvgIpc) is 3.40. The van der Waals surface area contributed by atoms with Crippen molar-refractivity contribution in [1.82, 2.24) is 5.32 Å². The standard InChI is InChI=1S/C65H113NO8/c1-3-5-7-9-11-13-15-17-19-21-23-24-25-26-27-28-29-30-31-32-33-34-35-36-37-39-41-43-45-47-49-51-53-55-61(69)66-58(57-73-65-64(72)63(71)62(70)60(56-67)74-65)59(68)54-52-50-48-46-44-42-40-38-22-20-18-16-14-12-10-8-6-4-2/h5,7,11,13,17,19,23-24,26-27,29-30,44,46,52,54,58-60,62-65,67-68,70-72H,3-4,6,8-10,12,14-16,18,20-22,25,28,31-43,45,47-51,53,55-57H2,1-2H3,(H,66,69)/b7-5-,13-11-,19-17-,24-23-,27-26-,30-29-,46-44+,54-52+. The lowest BCUT2D eigenvalue weighted by Gasteiger charge is -2.40. The van der Waals surface area contributed by atoms with Gasteiger partial charge < -0.3 is 40.3 Å². The number of ether oxygens (including phenoxy) is 2. The Morgan fingerprint density at radius 1 is 0.473 bits per heavy atom. The molecule has 0 bridgehead atoms. The molecule has 9 heteroatoms. The Kier molecular flexibility index (Phi) is 50.0. The van der Waals surface area contributed by atoms with E-state index in [2.05, 4.69) is 104 Å². The van der Waals surface area contributed by atoms with E-state index in [1.807, 2.05) is 6.08 Å². The molecule has 0 radical (unpaired) electrons. The van der Waals surface area contributed by atoms with Gasteiger partial charge in [0.25, 0.3) is 0 Å². The summed E-state index contributed by atoms with van der Waals surface area (Å²) in [5, 5.41) is 54.5. The van der Waals surface area contributed by atoms with E-state index in [0.717, 1.165) is 77.0 Å². The summed E-state index contributed by atoms with van der Waals surface area (Å²) in [5.41, 5.74) is 0. The second-order valence-electron chi connectivity index (χ2n) is 20.8. The normalized spacial score (nSPS) is 19.7. The first-order valence-electron chi connectivity index (χ1n) is 30.5. The summed E-state index contributed by atoms with van der Waals surface area (Å²) in [7, 11) is 0. The number of rotatable bonds is 51. The fraction of sp³-hybridized carbons (Fsp3) is 0.738. The van der Waals surface area contributed by atoms with Gasteiger partial charge in [-0.3, -0.25) is 4.79 Å². The van der Waals surface area contributed by atoms with Crippen LogP contribution in [0.2, 0.25) is 0 Å². The first-order chi connectivity index (χ1) is 36.3. The molecule has 1 fully saturated rings. The number of amides is 1. The summed E-state index contributed by atoms with van der Waals surface area (Å²) < 4.78 is 11.3. The molecule has 0 spiro atoms. The Labute approximate surface area is 453 Å². The van der Waals surface area contributed by atoms with Gasteiger partial charge in [-0.05, 0) is 83.5 Å². The average molecular weight is 1040 g/mol.